The topological polar surface area (TPSA) is 51.8 Å². The highest BCUT2D eigenvalue weighted by molar-refractivity contribution is 5.70. The summed E-state index contributed by atoms with van der Waals surface area (Å²) in [4.78, 5) is 8.19. The molecular weight excluding hydrogens is 217 g/mol. The van der Waals surface area contributed by atoms with Crippen molar-refractivity contribution in [1.29, 1.82) is 0 Å². The van der Waals surface area contributed by atoms with E-state index in [1.807, 2.05) is 13.8 Å². The second-order valence-corrected chi connectivity index (χ2v) is 3.90. The van der Waals surface area contributed by atoms with Gasteiger partial charge in [-0.15, -0.1) is 0 Å². The lowest BCUT2D eigenvalue weighted by Gasteiger charge is -2.11. The molecule has 4 heteroatoms. The molecule has 1 aromatic heterocycles. The highest BCUT2D eigenvalue weighted by atomic mass is 19.1. The van der Waals surface area contributed by atoms with Gasteiger partial charge in [0.25, 0.3) is 0 Å². The van der Waals surface area contributed by atoms with Crippen LogP contribution in [0, 0.1) is 12.7 Å². The number of aromatic nitrogens is 2. The summed E-state index contributed by atoms with van der Waals surface area (Å²) >= 11 is 0. The van der Waals surface area contributed by atoms with Crippen molar-refractivity contribution in [3.05, 3.63) is 41.5 Å². The third kappa shape index (κ3) is 2.11. The van der Waals surface area contributed by atoms with E-state index < -0.39 is 0 Å². The van der Waals surface area contributed by atoms with Gasteiger partial charge in [-0.25, -0.2) is 14.4 Å². The Morgan fingerprint density at radius 3 is 2.76 bits per heavy atom. The molecule has 0 atom stereocenters. The molecular formula is C13H14FN3. The number of nitrogens with zero attached hydrogens (tertiary/aromatic N) is 2. The highest BCUT2D eigenvalue weighted by Crippen LogP contribution is 2.27. The fraction of sp³-hybridized carbons (Fsp3) is 0.231. The Morgan fingerprint density at radius 2 is 2.06 bits per heavy atom. The van der Waals surface area contributed by atoms with Gasteiger partial charge in [-0.1, -0.05) is 13.0 Å². The van der Waals surface area contributed by atoms with Crippen LogP contribution in [0.4, 0.5) is 10.2 Å². The van der Waals surface area contributed by atoms with Crippen molar-refractivity contribution in [2.45, 2.75) is 20.3 Å². The van der Waals surface area contributed by atoms with Crippen LogP contribution in [0.5, 0.6) is 0 Å². The molecule has 1 heterocycles. The monoisotopic (exact) mass is 231 g/mol. The summed E-state index contributed by atoms with van der Waals surface area (Å²) in [6, 6.07) is 4.66. The van der Waals surface area contributed by atoms with Crippen molar-refractivity contribution < 1.29 is 4.39 Å². The molecule has 0 unspecified atom stereocenters. The Morgan fingerprint density at radius 1 is 1.29 bits per heavy atom. The molecule has 0 radical (unpaired) electrons. The van der Waals surface area contributed by atoms with Gasteiger partial charge in [0.2, 0.25) is 0 Å². The molecule has 0 saturated heterocycles. The van der Waals surface area contributed by atoms with E-state index in [2.05, 4.69) is 9.97 Å². The number of hydrogen-bond acceptors (Lipinski definition) is 3. The van der Waals surface area contributed by atoms with Gasteiger partial charge in [-0.3, -0.25) is 0 Å². The van der Waals surface area contributed by atoms with Crippen LogP contribution in [0.15, 0.2) is 24.5 Å². The number of rotatable bonds is 2. The van der Waals surface area contributed by atoms with Crippen LogP contribution in [0.3, 0.4) is 0 Å². The molecule has 0 spiro atoms. The van der Waals surface area contributed by atoms with Crippen molar-refractivity contribution in [1.82, 2.24) is 9.97 Å². The average Bonchev–Trinajstić information content (AvgIpc) is 2.32. The summed E-state index contributed by atoms with van der Waals surface area (Å²) in [5.41, 5.74) is 9.14. The third-order valence-electron chi connectivity index (χ3n) is 2.79. The van der Waals surface area contributed by atoms with Crippen LogP contribution in [0.1, 0.15) is 18.1 Å². The maximum Gasteiger partial charge on any atom is 0.130 e. The Balaban J connectivity index is 2.68. The van der Waals surface area contributed by atoms with Crippen molar-refractivity contribution in [2.75, 3.05) is 5.73 Å². The fourth-order valence-corrected chi connectivity index (χ4v) is 1.86. The van der Waals surface area contributed by atoms with Crippen molar-refractivity contribution >= 4 is 5.82 Å². The second-order valence-electron chi connectivity index (χ2n) is 3.90. The first kappa shape index (κ1) is 11.5. The fourth-order valence-electron chi connectivity index (χ4n) is 1.86. The molecule has 88 valence electrons. The van der Waals surface area contributed by atoms with Crippen molar-refractivity contribution in [3.63, 3.8) is 0 Å². The van der Waals surface area contributed by atoms with Crippen LogP contribution < -0.4 is 5.73 Å². The minimum atomic E-state index is -0.273. The van der Waals surface area contributed by atoms with Gasteiger partial charge in [-0.2, -0.15) is 0 Å². The summed E-state index contributed by atoms with van der Waals surface area (Å²) in [5, 5.41) is 0. The second kappa shape index (κ2) is 4.49. The lowest BCUT2D eigenvalue weighted by molar-refractivity contribution is 0.628. The summed E-state index contributed by atoms with van der Waals surface area (Å²) in [7, 11) is 0. The van der Waals surface area contributed by atoms with E-state index in [1.54, 1.807) is 6.07 Å². The van der Waals surface area contributed by atoms with Crippen LogP contribution in [0.2, 0.25) is 0 Å². The minimum Gasteiger partial charge on any atom is -0.383 e. The Kier molecular flexibility index (Phi) is 3.04. The van der Waals surface area contributed by atoms with E-state index in [0.29, 0.717) is 5.82 Å². The van der Waals surface area contributed by atoms with Crippen LogP contribution in [-0.4, -0.2) is 9.97 Å². The number of nitrogens with two attached hydrogens (primary N) is 1. The van der Waals surface area contributed by atoms with Gasteiger partial charge >= 0.3 is 0 Å². The summed E-state index contributed by atoms with van der Waals surface area (Å²) < 4.78 is 13.3. The van der Waals surface area contributed by atoms with Crippen molar-refractivity contribution in [2.24, 2.45) is 0 Å². The molecule has 0 aliphatic heterocycles. The molecule has 2 N–H and O–H groups in total. The molecule has 0 aliphatic rings. The molecule has 17 heavy (non-hydrogen) atoms. The zero-order chi connectivity index (χ0) is 12.4. The van der Waals surface area contributed by atoms with Crippen molar-refractivity contribution in [3.8, 4) is 11.3 Å². The first-order valence-electron chi connectivity index (χ1n) is 5.49. The predicted molar refractivity (Wildman–Crippen MR) is 66.0 cm³/mol. The molecule has 0 aliphatic carbocycles. The van der Waals surface area contributed by atoms with E-state index in [0.717, 1.165) is 28.8 Å². The van der Waals surface area contributed by atoms with E-state index in [9.17, 15) is 4.39 Å². The predicted octanol–water partition coefficient (Wildman–Crippen LogP) is 2.74. The van der Waals surface area contributed by atoms with Crippen LogP contribution in [0.25, 0.3) is 11.3 Å². The van der Waals surface area contributed by atoms with Gasteiger partial charge in [0.1, 0.15) is 18.0 Å². The zero-order valence-electron chi connectivity index (χ0n) is 9.87. The summed E-state index contributed by atoms with van der Waals surface area (Å²) in [6.45, 7) is 3.90. The Labute approximate surface area is 99.5 Å². The number of aryl methyl sites for hydroxylation is 1. The largest absolute Gasteiger partial charge is 0.383 e. The van der Waals surface area contributed by atoms with Gasteiger partial charge in [0.15, 0.2) is 0 Å². The smallest absolute Gasteiger partial charge is 0.130 e. The first-order valence-corrected chi connectivity index (χ1v) is 5.49. The zero-order valence-corrected chi connectivity index (χ0v) is 9.87. The van der Waals surface area contributed by atoms with E-state index in [1.165, 1.54) is 18.5 Å². The summed E-state index contributed by atoms with van der Waals surface area (Å²) in [5.74, 6) is 0.186. The lowest BCUT2D eigenvalue weighted by Crippen LogP contribution is -2.02. The number of anilines is 1. The maximum absolute atomic E-state index is 13.3. The SMILES string of the molecule is CCc1c(N)ncnc1-c1cc(F)ccc1C. The average molecular weight is 231 g/mol. The van der Waals surface area contributed by atoms with Crippen LogP contribution in [-0.2, 0) is 6.42 Å². The molecule has 0 amide bonds. The molecule has 0 bridgehead atoms. The Hall–Kier alpha value is -1.97. The molecule has 2 rings (SSSR count). The number of halogens is 1. The van der Waals surface area contributed by atoms with Crippen LogP contribution >= 0.6 is 0 Å². The third-order valence-corrected chi connectivity index (χ3v) is 2.79. The quantitative estimate of drug-likeness (QED) is 0.864. The number of hydrogen-bond donors (Lipinski definition) is 1. The van der Waals surface area contributed by atoms with Gasteiger partial charge in [0.05, 0.1) is 5.69 Å². The van der Waals surface area contributed by atoms with E-state index >= 15 is 0 Å². The van der Waals surface area contributed by atoms with E-state index in [-0.39, 0.29) is 5.82 Å². The lowest BCUT2D eigenvalue weighted by atomic mass is 10.00. The molecule has 3 nitrogen and oxygen atoms in total. The van der Waals surface area contributed by atoms with Gasteiger partial charge in [-0.05, 0) is 31.0 Å². The summed E-state index contributed by atoms with van der Waals surface area (Å²) in [6.07, 6.45) is 2.13. The molecule has 2 aromatic rings. The van der Waals surface area contributed by atoms with Gasteiger partial charge < -0.3 is 5.73 Å². The maximum atomic E-state index is 13.3. The molecule has 0 fully saturated rings. The minimum absolute atomic E-state index is 0.273. The molecule has 0 saturated carbocycles. The Bertz CT molecular complexity index is 552. The number of benzene rings is 1. The standard InChI is InChI=1S/C13H14FN3/c1-3-10-12(16-7-17-13(10)15)11-6-9(14)5-4-8(11)2/h4-7H,3H2,1-2H3,(H2,15,16,17). The number of nitrogen functional groups attached to an aromatic ring is 1. The van der Waals surface area contributed by atoms with E-state index in [4.69, 9.17) is 5.73 Å². The first-order chi connectivity index (χ1) is 8.13. The normalized spacial score (nSPS) is 10.5. The highest BCUT2D eigenvalue weighted by Gasteiger charge is 2.12. The van der Waals surface area contributed by atoms with Gasteiger partial charge in [0, 0.05) is 11.1 Å². The molecule has 1 aromatic carbocycles.